The maximum absolute atomic E-state index is 12.8. The SMILES string of the molecule is Cc1ccc(C(CN)CCOc2ccc(F)cc2)cc1. The van der Waals surface area contributed by atoms with Gasteiger partial charge in [-0.05, 0) is 55.6 Å². The van der Waals surface area contributed by atoms with Crippen molar-refractivity contribution in [1.29, 1.82) is 0 Å². The molecule has 2 nitrogen and oxygen atoms in total. The molecular formula is C17H20FNO. The van der Waals surface area contributed by atoms with E-state index in [0.29, 0.717) is 18.9 Å². The molecule has 0 aliphatic rings. The zero-order chi connectivity index (χ0) is 14.4. The van der Waals surface area contributed by atoms with E-state index in [9.17, 15) is 4.39 Å². The number of halogens is 1. The molecule has 0 aliphatic carbocycles. The average Bonchev–Trinajstić information content (AvgIpc) is 2.47. The first-order valence-electron chi connectivity index (χ1n) is 6.84. The number of hydrogen-bond donors (Lipinski definition) is 1. The molecule has 2 aromatic rings. The highest BCUT2D eigenvalue weighted by Gasteiger charge is 2.09. The van der Waals surface area contributed by atoms with E-state index in [2.05, 4.69) is 31.2 Å². The zero-order valence-corrected chi connectivity index (χ0v) is 11.7. The Morgan fingerprint density at radius 3 is 2.30 bits per heavy atom. The predicted molar refractivity (Wildman–Crippen MR) is 79.5 cm³/mol. The van der Waals surface area contributed by atoms with Gasteiger partial charge in [0, 0.05) is 0 Å². The lowest BCUT2D eigenvalue weighted by molar-refractivity contribution is 0.298. The quantitative estimate of drug-likeness (QED) is 0.872. The van der Waals surface area contributed by atoms with Crippen LogP contribution in [0.4, 0.5) is 4.39 Å². The van der Waals surface area contributed by atoms with Crippen LogP contribution in [0, 0.1) is 12.7 Å². The molecule has 0 aromatic heterocycles. The molecule has 0 spiro atoms. The van der Waals surface area contributed by atoms with Crippen molar-refractivity contribution in [2.75, 3.05) is 13.2 Å². The molecule has 0 heterocycles. The largest absolute Gasteiger partial charge is 0.494 e. The van der Waals surface area contributed by atoms with Gasteiger partial charge in [-0.3, -0.25) is 0 Å². The van der Waals surface area contributed by atoms with Gasteiger partial charge < -0.3 is 10.5 Å². The Balaban J connectivity index is 1.87. The van der Waals surface area contributed by atoms with Gasteiger partial charge in [-0.2, -0.15) is 0 Å². The van der Waals surface area contributed by atoms with Crippen LogP contribution in [-0.4, -0.2) is 13.2 Å². The van der Waals surface area contributed by atoms with E-state index in [4.69, 9.17) is 10.5 Å². The van der Waals surface area contributed by atoms with Gasteiger partial charge in [0.15, 0.2) is 0 Å². The Morgan fingerprint density at radius 1 is 1.05 bits per heavy atom. The summed E-state index contributed by atoms with van der Waals surface area (Å²) in [6.07, 6.45) is 0.844. The van der Waals surface area contributed by atoms with Crippen molar-refractivity contribution in [3.63, 3.8) is 0 Å². The van der Waals surface area contributed by atoms with Crippen LogP contribution in [-0.2, 0) is 0 Å². The maximum Gasteiger partial charge on any atom is 0.123 e. The van der Waals surface area contributed by atoms with Gasteiger partial charge in [0.2, 0.25) is 0 Å². The van der Waals surface area contributed by atoms with Crippen LogP contribution in [0.2, 0.25) is 0 Å². The summed E-state index contributed by atoms with van der Waals surface area (Å²) in [4.78, 5) is 0. The molecule has 2 N–H and O–H groups in total. The lowest BCUT2D eigenvalue weighted by Gasteiger charge is -2.16. The molecule has 0 aliphatic heterocycles. The summed E-state index contributed by atoms with van der Waals surface area (Å²) in [6, 6.07) is 14.5. The minimum Gasteiger partial charge on any atom is -0.494 e. The summed E-state index contributed by atoms with van der Waals surface area (Å²) < 4.78 is 18.4. The van der Waals surface area contributed by atoms with Crippen molar-refractivity contribution in [2.24, 2.45) is 5.73 Å². The van der Waals surface area contributed by atoms with Crippen molar-refractivity contribution in [2.45, 2.75) is 19.3 Å². The van der Waals surface area contributed by atoms with Crippen molar-refractivity contribution >= 4 is 0 Å². The standard InChI is InChI=1S/C17H20FNO/c1-13-2-4-14(5-3-13)15(12-19)10-11-20-17-8-6-16(18)7-9-17/h2-9,15H,10-12,19H2,1H3. The molecule has 1 atom stereocenters. The topological polar surface area (TPSA) is 35.2 Å². The monoisotopic (exact) mass is 273 g/mol. The van der Waals surface area contributed by atoms with Crippen molar-refractivity contribution in [3.8, 4) is 5.75 Å². The molecular weight excluding hydrogens is 253 g/mol. The van der Waals surface area contributed by atoms with Gasteiger partial charge in [0.05, 0.1) is 6.61 Å². The first kappa shape index (κ1) is 14.5. The van der Waals surface area contributed by atoms with Crippen LogP contribution in [0.1, 0.15) is 23.5 Å². The van der Waals surface area contributed by atoms with E-state index in [1.54, 1.807) is 12.1 Å². The van der Waals surface area contributed by atoms with E-state index in [-0.39, 0.29) is 11.7 Å². The highest BCUT2D eigenvalue weighted by atomic mass is 19.1. The predicted octanol–water partition coefficient (Wildman–Crippen LogP) is 3.65. The second-order valence-electron chi connectivity index (χ2n) is 4.93. The van der Waals surface area contributed by atoms with Gasteiger partial charge in [-0.25, -0.2) is 4.39 Å². The lowest BCUT2D eigenvalue weighted by atomic mass is 9.95. The molecule has 0 amide bonds. The Morgan fingerprint density at radius 2 is 1.70 bits per heavy atom. The number of benzene rings is 2. The van der Waals surface area contributed by atoms with E-state index in [1.807, 2.05) is 0 Å². The molecule has 1 unspecified atom stereocenters. The Kier molecular flexibility index (Phi) is 5.13. The third-order valence-corrected chi connectivity index (χ3v) is 3.38. The summed E-state index contributed by atoms with van der Waals surface area (Å²) in [7, 11) is 0. The van der Waals surface area contributed by atoms with Crippen molar-refractivity contribution < 1.29 is 9.13 Å². The minimum absolute atomic E-state index is 0.253. The van der Waals surface area contributed by atoms with E-state index < -0.39 is 0 Å². The van der Waals surface area contributed by atoms with Crippen LogP contribution >= 0.6 is 0 Å². The van der Waals surface area contributed by atoms with Crippen molar-refractivity contribution in [3.05, 3.63) is 65.5 Å². The Labute approximate surface area is 119 Å². The zero-order valence-electron chi connectivity index (χ0n) is 11.7. The fraction of sp³-hybridized carbons (Fsp3) is 0.294. The van der Waals surface area contributed by atoms with Gasteiger partial charge in [-0.1, -0.05) is 29.8 Å². The highest BCUT2D eigenvalue weighted by molar-refractivity contribution is 5.25. The third-order valence-electron chi connectivity index (χ3n) is 3.38. The summed E-state index contributed by atoms with van der Waals surface area (Å²) in [5.41, 5.74) is 8.32. The smallest absolute Gasteiger partial charge is 0.123 e. The fourth-order valence-corrected chi connectivity index (χ4v) is 2.11. The van der Waals surface area contributed by atoms with E-state index in [1.165, 1.54) is 23.3 Å². The van der Waals surface area contributed by atoms with Crippen molar-refractivity contribution in [1.82, 2.24) is 0 Å². The number of aryl methyl sites for hydroxylation is 1. The second kappa shape index (κ2) is 7.06. The van der Waals surface area contributed by atoms with Crippen LogP contribution in [0.5, 0.6) is 5.75 Å². The molecule has 3 heteroatoms. The van der Waals surface area contributed by atoms with Crippen LogP contribution in [0.3, 0.4) is 0 Å². The van der Waals surface area contributed by atoms with Gasteiger partial charge in [0.1, 0.15) is 11.6 Å². The molecule has 0 saturated carbocycles. The first-order valence-corrected chi connectivity index (χ1v) is 6.84. The molecule has 2 aromatic carbocycles. The number of nitrogens with two attached hydrogens (primary N) is 1. The maximum atomic E-state index is 12.8. The number of ether oxygens (including phenoxy) is 1. The van der Waals surface area contributed by atoms with E-state index >= 15 is 0 Å². The Hall–Kier alpha value is -1.87. The average molecular weight is 273 g/mol. The summed E-state index contributed by atoms with van der Waals surface area (Å²) >= 11 is 0. The Bertz CT molecular complexity index is 522. The lowest BCUT2D eigenvalue weighted by Crippen LogP contribution is -2.15. The normalized spacial score (nSPS) is 12.2. The summed E-state index contributed by atoms with van der Waals surface area (Å²) in [6.45, 7) is 3.23. The van der Waals surface area contributed by atoms with Gasteiger partial charge in [0.25, 0.3) is 0 Å². The van der Waals surface area contributed by atoms with E-state index in [0.717, 1.165) is 6.42 Å². The number of rotatable bonds is 6. The molecule has 106 valence electrons. The minimum atomic E-state index is -0.253. The molecule has 0 saturated heterocycles. The molecule has 2 rings (SSSR count). The molecule has 0 fully saturated rings. The third kappa shape index (κ3) is 4.07. The highest BCUT2D eigenvalue weighted by Crippen LogP contribution is 2.20. The number of hydrogen-bond acceptors (Lipinski definition) is 2. The molecule has 0 bridgehead atoms. The molecule has 20 heavy (non-hydrogen) atoms. The van der Waals surface area contributed by atoms with Crippen LogP contribution in [0.15, 0.2) is 48.5 Å². The second-order valence-corrected chi connectivity index (χ2v) is 4.93. The first-order chi connectivity index (χ1) is 9.69. The van der Waals surface area contributed by atoms with Crippen LogP contribution in [0.25, 0.3) is 0 Å². The summed E-state index contributed by atoms with van der Waals surface area (Å²) in [5, 5.41) is 0. The van der Waals surface area contributed by atoms with Gasteiger partial charge >= 0.3 is 0 Å². The van der Waals surface area contributed by atoms with Gasteiger partial charge in [-0.15, -0.1) is 0 Å². The fourth-order valence-electron chi connectivity index (χ4n) is 2.11. The molecule has 0 radical (unpaired) electrons. The summed E-state index contributed by atoms with van der Waals surface area (Å²) in [5.74, 6) is 0.721. The van der Waals surface area contributed by atoms with Crippen LogP contribution < -0.4 is 10.5 Å².